The highest BCUT2D eigenvalue weighted by Gasteiger charge is 2.16. The number of nitrogens with zero attached hydrogens (tertiary/aromatic N) is 6. The van der Waals surface area contributed by atoms with Crippen LogP contribution in [0.3, 0.4) is 0 Å². The van der Waals surface area contributed by atoms with E-state index < -0.39 is 5.91 Å². The Labute approximate surface area is 156 Å². The molecule has 0 fully saturated rings. The maximum absolute atomic E-state index is 12.6. The number of anilines is 1. The highest BCUT2D eigenvalue weighted by Crippen LogP contribution is 2.22. The molecule has 0 saturated carbocycles. The van der Waals surface area contributed by atoms with Crippen LogP contribution in [0.5, 0.6) is 0 Å². The topological polar surface area (TPSA) is 97.9 Å². The first-order valence-corrected chi connectivity index (χ1v) is 8.37. The fourth-order valence-corrected chi connectivity index (χ4v) is 2.44. The van der Waals surface area contributed by atoms with Crippen molar-refractivity contribution in [2.24, 2.45) is 0 Å². The van der Waals surface area contributed by atoms with Crippen molar-refractivity contribution in [2.45, 2.75) is 20.4 Å². The maximum atomic E-state index is 12.6. The minimum atomic E-state index is -0.408. The number of carbonyl (C=O) groups excluding carboxylic acids is 2. The average molecular weight is 367 g/mol. The first-order chi connectivity index (χ1) is 12.8. The molecule has 2 aromatic heterocycles. The van der Waals surface area contributed by atoms with Crippen molar-refractivity contribution in [3.8, 4) is 5.69 Å². The number of aryl methyl sites for hydroxylation is 2. The molecular weight excluding hydrogens is 346 g/mol. The molecule has 2 amide bonds. The Morgan fingerprint density at radius 3 is 2.59 bits per heavy atom. The Bertz CT molecular complexity index is 987. The second-order valence-corrected chi connectivity index (χ2v) is 6.53. The molecule has 140 valence electrons. The van der Waals surface area contributed by atoms with Gasteiger partial charge in [0.05, 0.1) is 23.8 Å². The van der Waals surface area contributed by atoms with Crippen molar-refractivity contribution in [2.75, 3.05) is 19.4 Å². The van der Waals surface area contributed by atoms with Crippen molar-refractivity contribution in [1.82, 2.24) is 29.7 Å². The number of benzene rings is 1. The lowest BCUT2D eigenvalue weighted by Crippen LogP contribution is -2.26. The highest BCUT2D eigenvalue weighted by atomic mass is 16.2. The summed E-state index contributed by atoms with van der Waals surface area (Å²) in [6.45, 7) is 3.91. The predicted molar refractivity (Wildman–Crippen MR) is 99.7 cm³/mol. The summed E-state index contributed by atoms with van der Waals surface area (Å²) in [6.07, 6.45) is 5.08. The summed E-state index contributed by atoms with van der Waals surface area (Å²) >= 11 is 0. The van der Waals surface area contributed by atoms with Gasteiger partial charge in [-0.05, 0) is 37.1 Å². The first-order valence-electron chi connectivity index (χ1n) is 8.37. The van der Waals surface area contributed by atoms with E-state index in [1.165, 1.54) is 15.8 Å². The third kappa shape index (κ3) is 4.20. The van der Waals surface area contributed by atoms with Gasteiger partial charge in [-0.15, -0.1) is 5.10 Å². The highest BCUT2D eigenvalue weighted by molar-refractivity contribution is 6.03. The zero-order valence-corrected chi connectivity index (χ0v) is 15.7. The number of aromatic nitrogens is 5. The normalized spacial score (nSPS) is 10.7. The molecule has 27 heavy (non-hydrogen) atoms. The summed E-state index contributed by atoms with van der Waals surface area (Å²) in [5.74, 6) is -0.545. The van der Waals surface area contributed by atoms with Crippen molar-refractivity contribution in [1.29, 1.82) is 0 Å². The van der Waals surface area contributed by atoms with Crippen molar-refractivity contribution in [3.63, 3.8) is 0 Å². The van der Waals surface area contributed by atoms with E-state index in [9.17, 15) is 9.59 Å². The number of amides is 2. The molecule has 0 aliphatic heterocycles. The van der Waals surface area contributed by atoms with Crippen LogP contribution in [0.2, 0.25) is 0 Å². The number of hydrogen-bond donors (Lipinski definition) is 1. The van der Waals surface area contributed by atoms with E-state index in [1.54, 1.807) is 25.0 Å². The van der Waals surface area contributed by atoms with Gasteiger partial charge in [0.2, 0.25) is 5.91 Å². The molecule has 0 spiro atoms. The molecule has 3 rings (SSSR count). The fourth-order valence-electron chi connectivity index (χ4n) is 2.44. The summed E-state index contributed by atoms with van der Waals surface area (Å²) in [4.78, 5) is 25.8. The lowest BCUT2D eigenvalue weighted by molar-refractivity contribution is -0.129. The van der Waals surface area contributed by atoms with E-state index in [4.69, 9.17) is 0 Å². The van der Waals surface area contributed by atoms with E-state index in [2.05, 4.69) is 20.7 Å². The molecule has 1 aromatic carbocycles. The van der Waals surface area contributed by atoms with Crippen LogP contribution in [0.25, 0.3) is 5.69 Å². The molecule has 0 radical (unpaired) electrons. The van der Waals surface area contributed by atoms with Gasteiger partial charge < -0.3 is 10.2 Å². The van der Waals surface area contributed by atoms with E-state index in [0.717, 1.165) is 16.8 Å². The van der Waals surface area contributed by atoms with Crippen molar-refractivity contribution < 1.29 is 9.59 Å². The summed E-state index contributed by atoms with van der Waals surface area (Å²) in [7, 11) is 3.31. The SMILES string of the molecule is Cc1ccc(-n2cc(C)cn2)c(NC(=O)c2cn(CC(=O)N(C)C)nn2)c1. The van der Waals surface area contributed by atoms with Crippen LogP contribution in [0.4, 0.5) is 5.69 Å². The van der Waals surface area contributed by atoms with Crippen LogP contribution in [0, 0.1) is 13.8 Å². The van der Waals surface area contributed by atoms with E-state index in [0.29, 0.717) is 5.69 Å². The van der Waals surface area contributed by atoms with Gasteiger partial charge in [0.25, 0.3) is 5.91 Å². The maximum Gasteiger partial charge on any atom is 0.277 e. The molecule has 0 aliphatic carbocycles. The molecule has 0 bridgehead atoms. The van der Waals surface area contributed by atoms with Crippen molar-refractivity contribution >= 4 is 17.5 Å². The standard InChI is InChI=1S/C18H21N7O2/c1-12-5-6-16(25-9-13(2)8-19-25)14(7-12)20-18(27)15-10-24(22-21-15)11-17(26)23(3)4/h5-10H,11H2,1-4H3,(H,20,27). The molecular formula is C18H21N7O2. The Morgan fingerprint density at radius 2 is 1.93 bits per heavy atom. The second kappa shape index (κ2) is 7.40. The molecule has 0 unspecified atom stereocenters. The number of carbonyl (C=O) groups is 2. The van der Waals surface area contributed by atoms with Gasteiger partial charge in [0.1, 0.15) is 6.54 Å². The van der Waals surface area contributed by atoms with Gasteiger partial charge in [-0.1, -0.05) is 11.3 Å². The second-order valence-electron chi connectivity index (χ2n) is 6.53. The Hall–Kier alpha value is -3.49. The number of rotatable bonds is 5. The molecule has 9 heteroatoms. The van der Waals surface area contributed by atoms with Gasteiger partial charge in [0.15, 0.2) is 5.69 Å². The quantitative estimate of drug-likeness (QED) is 0.735. The number of likely N-dealkylation sites (N-methyl/N-ethyl adjacent to an activating group) is 1. The van der Waals surface area contributed by atoms with Gasteiger partial charge in [-0.3, -0.25) is 9.59 Å². The van der Waals surface area contributed by atoms with Crippen LogP contribution in [-0.2, 0) is 11.3 Å². The van der Waals surface area contributed by atoms with E-state index in [-0.39, 0.29) is 18.1 Å². The lowest BCUT2D eigenvalue weighted by atomic mass is 10.2. The Morgan fingerprint density at radius 1 is 1.15 bits per heavy atom. The summed E-state index contributed by atoms with van der Waals surface area (Å²) in [6, 6.07) is 5.71. The smallest absolute Gasteiger partial charge is 0.277 e. The molecule has 9 nitrogen and oxygen atoms in total. The Kier molecular flexibility index (Phi) is 5.02. The molecule has 0 aliphatic rings. The summed E-state index contributed by atoms with van der Waals surface area (Å²) in [5.41, 5.74) is 3.50. The molecule has 0 saturated heterocycles. The largest absolute Gasteiger partial charge is 0.347 e. The predicted octanol–water partition coefficient (Wildman–Crippen LogP) is 1.42. The van der Waals surface area contributed by atoms with Crippen LogP contribution in [0.15, 0.2) is 36.8 Å². The van der Waals surface area contributed by atoms with E-state index in [1.807, 2.05) is 38.2 Å². The zero-order chi connectivity index (χ0) is 19.6. The Balaban J connectivity index is 1.81. The average Bonchev–Trinajstić information content (AvgIpc) is 3.24. The van der Waals surface area contributed by atoms with Crippen LogP contribution in [0.1, 0.15) is 21.6 Å². The van der Waals surface area contributed by atoms with Crippen LogP contribution >= 0.6 is 0 Å². The minimum Gasteiger partial charge on any atom is -0.347 e. The van der Waals surface area contributed by atoms with Gasteiger partial charge >= 0.3 is 0 Å². The van der Waals surface area contributed by atoms with Gasteiger partial charge in [-0.2, -0.15) is 5.10 Å². The lowest BCUT2D eigenvalue weighted by Gasteiger charge is -2.11. The zero-order valence-electron chi connectivity index (χ0n) is 15.7. The third-order valence-corrected chi connectivity index (χ3v) is 3.93. The molecule has 1 N–H and O–H groups in total. The number of hydrogen-bond acceptors (Lipinski definition) is 5. The molecule has 0 atom stereocenters. The first kappa shape index (κ1) is 18.3. The monoisotopic (exact) mass is 367 g/mol. The fraction of sp³-hybridized carbons (Fsp3) is 0.278. The van der Waals surface area contributed by atoms with Crippen molar-refractivity contribution in [3.05, 3.63) is 53.6 Å². The summed E-state index contributed by atoms with van der Waals surface area (Å²) in [5, 5.41) is 14.9. The third-order valence-electron chi connectivity index (χ3n) is 3.93. The number of nitrogens with one attached hydrogen (secondary N) is 1. The summed E-state index contributed by atoms with van der Waals surface area (Å²) < 4.78 is 3.04. The van der Waals surface area contributed by atoms with E-state index >= 15 is 0 Å². The van der Waals surface area contributed by atoms with Gasteiger partial charge in [-0.25, -0.2) is 9.36 Å². The van der Waals surface area contributed by atoms with Crippen LogP contribution < -0.4 is 5.32 Å². The molecule has 3 aromatic rings. The van der Waals surface area contributed by atoms with Gasteiger partial charge in [0, 0.05) is 20.3 Å². The minimum absolute atomic E-state index is 0.0234. The molecule has 2 heterocycles. The van der Waals surface area contributed by atoms with Crippen LogP contribution in [-0.4, -0.2) is 55.6 Å².